The van der Waals surface area contributed by atoms with Gasteiger partial charge >= 0.3 is 0 Å². The van der Waals surface area contributed by atoms with Gasteiger partial charge in [-0.2, -0.15) is 0 Å². The molecule has 0 saturated carbocycles. The second kappa shape index (κ2) is 13.3. The highest BCUT2D eigenvalue weighted by Crippen LogP contribution is 2.32. The molecule has 9 nitrogen and oxygen atoms in total. The molecule has 38 heavy (non-hydrogen) atoms. The van der Waals surface area contributed by atoms with Gasteiger partial charge in [0.15, 0.2) is 0 Å². The zero-order valence-electron chi connectivity index (χ0n) is 21.0. The van der Waals surface area contributed by atoms with Gasteiger partial charge in [-0.05, 0) is 67.6 Å². The van der Waals surface area contributed by atoms with Crippen molar-refractivity contribution in [2.24, 2.45) is 9.98 Å². The van der Waals surface area contributed by atoms with Crippen molar-refractivity contribution in [3.8, 4) is 11.4 Å². The molecular weight excluding hydrogens is 483 g/mol. The Kier molecular flexibility index (Phi) is 9.38. The number of aliphatic hydroxyl groups excluding tert-OH is 1. The molecule has 3 heterocycles. The van der Waals surface area contributed by atoms with Crippen LogP contribution in [0.1, 0.15) is 36.0 Å². The van der Waals surface area contributed by atoms with E-state index in [1.165, 1.54) is 6.07 Å². The number of allylic oxidation sites excluding steroid dienone is 1. The average Bonchev–Trinajstić information content (AvgIpc) is 3.62. The molecule has 0 bridgehead atoms. The summed E-state index contributed by atoms with van der Waals surface area (Å²) < 4.78 is 13.7. The number of imidazole rings is 1. The number of H-pyrrole nitrogens is 1. The van der Waals surface area contributed by atoms with E-state index in [1.807, 2.05) is 29.2 Å². The largest absolute Gasteiger partial charge is 0.395 e. The highest BCUT2D eigenvalue weighted by Gasteiger charge is 2.27. The number of halogens is 1. The Hall–Kier alpha value is -4.28. The number of aliphatic imine (C=N–C) groups is 2. The van der Waals surface area contributed by atoms with E-state index in [9.17, 15) is 4.39 Å². The van der Waals surface area contributed by atoms with Gasteiger partial charge in [0.25, 0.3) is 0 Å². The van der Waals surface area contributed by atoms with Gasteiger partial charge in [-0.15, -0.1) is 0 Å². The van der Waals surface area contributed by atoms with E-state index in [2.05, 4.69) is 32.0 Å². The Morgan fingerprint density at radius 1 is 1.29 bits per heavy atom. The summed E-state index contributed by atoms with van der Waals surface area (Å²) in [7, 11) is 0. The van der Waals surface area contributed by atoms with Gasteiger partial charge in [0.2, 0.25) is 0 Å². The van der Waals surface area contributed by atoms with E-state index < -0.39 is 0 Å². The van der Waals surface area contributed by atoms with Crippen molar-refractivity contribution in [3.63, 3.8) is 0 Å². The van der Waals surface area contributed by atoms with Crippen LogP contribution in [0.5, 0.6) is 0 Å². The Balaban J connectivity index is 1.47. The lowest BCUT2D eigenvalue weighted by molar-refractivity contribution is 0.293. The molecule has 1 aliphatic heterocycles. The van der Waals surface area contributed by atoms with E-state index >= 15 is 0 Å². The summed E-state index contributed by atoms with van der Waals surface area (Å²) in [5.74, 6) is 0.687. The molecule has 196 valence electrons. The first-order valence-electron chi connectivity index (χ1n) is 12.4. The van der Waals surface area contributed by atoms with Crippen LogP contribution < -0.4 is 5.32 Å². The van der Waals surface area contributed by atoms with Crippen molar-refractivity contribution >= 4 is 24.3 Å². The highest BCUT2D eigenvalue weighted by atomic mass is 19.1. The lowest BCUT2D eigenvalue weighted by atomic mass is 10.0. The molecule has 1 aliphatic rings. The van der Waals surface area contributed by atoms with Crippen LogP contribution in [0.15, 0.2) is 77.0 Å². The number of amidine groups is 1. The molecule has 2 aromatic heterocycles. The first kappa shape index (κ1) is 26.8. The van der Waals surface area contributed by atoms with Crippen molar-refractivity contribution in [2.45, 2.75) is 18.9 Å². The molecule has 0 spiro atoms. The molecule has 0 radical (unpaired) electrons. The number of likely N-dealkylation sites (tertiary alicyclic amines) is 1. The summed E-state index contributed by atoms with van der Waals surface area (Å²) in [6.07, 6.45) is 10.3. The quantitative estimate of drug-likeness (QED) is 0.175. The third-order valence-electron chi connectivity index (χ3n) is 6.07. The third kappa shape index (κ3) is 6.93. The number of aromatic amines is 1. The molecule has 1 saturated heterocycles. The predicted octanol–water partition coefficient (Wildman–Crippen LogP) is 3.98. The fourth-order valence-electron chi connectivity index (χ4n) is 4.29. The SMILES string of the molecule is C=N/C=C\C(=N/CNCCO)c1cccc(-c2cnc(/C=C\C(=N)N3CCC[C@@H]3c3cccc(F)c3)[nH]2)n1. The van der Waals surface area contributed by atoms with Crippen molar-refractivity contribution < 1.29 is 9.50 Å². The van der Waals surface area contributed by atoms with Gasteiger partial charge in [0, 0.05) is 19.3 Å². The van der Waals surface area contributed by atoms with Crippen LogP contribution in [0, 0.1) is 11.2 Å². The van der Waals surface area contributed by atoms with Crippen molar-refractivity contribution in [2.75, 3.05) is 26.4 Å². The van der Waals surface area contributed by atoms with Crippen LogP contribution in [0.4, 0.5) is 4.39 Å². The number of aromatic nitrogens is 3. The molecule has 0 unspecified atom stereocenters. The molecular formula is C28H31FN8O. The van der Waals surface area contributed by atoms with E-state index in [4.69, 9.17) is 15.5 Å². The summed E-state index contributed by atoms with van der Waals surface area (Å²) in [5, 5.41) is 20.5. The van der Waals surface area contributed by atoms with Crippen LogP contribution in [-0.2, 0) is 0 Å². The minimum Gasteiger partial charge on any atom is -0.395 e. The zero-order chi connectivity index (χ0) is 26.7. The molecule has 4 N–H and O–H groups in total. The maximum absolute atomic E-state index is 13.7. The van der Waals surface area contributed by atoms with E-state index in [0.29, 0.717) is 42.0 Å². The Morgan fingerprint density at radius 3 is 2.97 bits per heavy atom. The summed E-state index contributed by atoms with van der Waals surface area (Å²) in [4.78, 5) is 22.6. The van der Waals surface area contributed by atoms with E-state index in [-0.39, 0.29) is 18.5 Å². The van der Waals surface area contributed by atoms with Crippen molar-refractivity contribution in [1.82, 2.24) is 25.2 Å². The highest BCUT2D eigenvalue weighted by molar-refractivity contribution is 6.07. The molecule has 1 aromatic carbocycles. The Bertz CT molecular complexity index is 1350. The standard InChI is InChI=1S/C28H31FN8O/c1-31-13-12-22(34-19-32-14-16-38)23-7-3-8-24(35-23)25-18-33-28(36-25)11-10-27(30)37-15-4-9-26(37)20-5-2-6-21(29)17-20/h2-3,5-8,10-13,17-18,26,30,32,38H,1,4,9,14-16,19H2,(H,33,36)/b11-10-,13-12-,30-27?,34-22+/t26-/m1/s1. The van der Waals surface area contributed by atoms with E-state index in [1.54, 1.807) is 42.8 Å². The van der Waals surface area contributed by atoms with Gasteiger partial charge in [-0.3, -0.25) is 20.7 Å². The predicted molar refractivity (Wildman–Crippen MR) is 149 cm³/mol. The lowest BCUT2D eigenvalue weighted by Gasteiger charge is -2.26. The molecule has 4 rings (SSSR count). The second-order valence-corrected chi connectivity index (χ2v) is 8.64. The maximum Gasteiger partial charge on any atom is 0.130 e. The van der Waals surface area contributed by atoms with E-state index in [0.717, 1.165) is 30.6 Å². The topological polar surface area (TPSA) is 126 Å². The van der Waals surface area contributed by atoms with Crippen molar-refractivity contribution in [1.29, 1.82) is 5.41 Å². The summed E-state index contributed by atoms with van der Waals surface area (Å²) in [6, 6.07) is 12.2. The Labute approximate surface area is 221 Å². The van der Waals surface area contributed by atoms with Gasteiger partial charge in [0.1, 0.15) is 17.5 Å². The second-order valence-electron chi connectivity index (χ2n) is 8.64. The van der Waals surface area contributed by atoms with Crippen LogP contribution in [0.3, 0.4) is 0 Å². The number of aliphatic hydroxyl groups is 1. The zero-order valence-corrected chi connectivity index (χ0v) is 21.0. The smallest absolute Gasteiger partial charge is 0.130 e. The number of pyridine rings is 1. The third-order valence-corrected chi connectivity index (χ3v) is 6.07. The van der Waals surface area contributed by atoms with Gasteiger partial charge in [0.05, 0.1) is 48.3 Å². The van der Waals surface area contributed by atoms with Gasteiger partial charge in [-0.25, -0.2) is 14.4 Å². The van der Waals surface area contributed by atoms with Gasteiger partial charge < -0.3 is 15.0 Å². The lowest BCUT2D eigenvalue weighted by Crippen LogP contribution is -2.28. The molecule has 3 aromatic rings. The number of hydrogen-bond acceptors (Lipinski definition) is 7. The molecule has 0 amide bonds. The molecule has 10 heteroatoms. The fraction of sp³-hybridized carbons (Fsp3) is 0.250. The van der Waals surface area contributed by atoms with Crippen LogP contribution in [0.25, 0.3) is 17.5 Å². The van der Waals surface area contributed by atoms with Crippen molar-refractivity contribution in [3.05, 3.63) is 89.9 Å². The van der Waals surface area contributed by atoms with Gasteiger partial charge in [-0.1, -0.05) is 18.2 Å². The number of nitrogens with one attached hydrogen (secondary N) is 3. The molecule has 1 fully saturated rings. The molecule has 0 aliphatic carbocycles. The fourth-order valence-corrected chi connectivity index (χ4v) is 4.29. The number of nitrogens with zero attached hydrogens (tertiary/aromatic N) is 5. The van der Waals surface area contributed by atoms with Crippen LogP contribution >= 0.6 is 0 Å². The monoisotopic (exact) mass is 514 g/mol. The summed E-state index contributed by atoms with van der Waals surface area (Å²) in [6.45, 7) is 5.02. The minimum absolute atomic E-state index is 0.0120. The molecule has 1 atom stereocenters. The summed E-state index contributed by atoms with van der Waals surface area (Å²) in [5.41, 5.74) is 3.57. The normalized spacial score (nSPS) is 16.1. The number of rotatable bonds is 11. The Morgan fingerprint density at radius 2 is 2.16 bits per heavy atom. The summed E-state index contributed by atoms with van der Waals surface area (Å²) >= 11 is 0. The first-order chi connectivity index (χ1) is 18.6. The maximum atomic E-state index is 13.7. The van der Waals surface area contributed by atoms with Crippen LogP contribution in [0.2, 0.25) is 0 Å². The number of hydrogen-bond donors (Lipinski definition) is 4. The van der Waals surface area contributed by atoms with Crippen LogP contribution in [-0.4, -0.2) is 69.6 Å². The first-order valence-corrected chi connectivity index (χ1v) is 12.4. The number of benzene rings is 1. The minimum atomic E-state index is -0.262. The average molecular weight is 515 g/mol.